The van der Waals surface area contributed by atoms with Gasteiger partial charge in [0.25, 0.3) is 0 Å². The number of rotatable bonds is 9. The maximum absolute atomic E-state index is 3.98. The highest BCUT2D eigenvalue weighted by Crippen LogP contribution is 2.70. The number of hydrazine groups is 1. The van der Waals surface area contributed by atoms with E-state index >= 15 is 0 Å². The van der Waals surface area contributed by atoms with E-state index in [4.69, 9.17) is 0 Å². The molecule has 3 aliphatic carbocycles. The summed E-state index contributed by atoms with van der Waals surface area (Å²) in [5.41, 5.74) is 10.4. The monoisotopic (exact) mass is 490 g/mol. The van der Waals surface area contributed by atoms with Crippen LogP contribution in [0.2, 0.25) is 0 Å². The zero-order valence-electron chi connectivity index (χ0n) is 22.7. The molecule has 3 aliphatic heterocycles. The fourth-order valence-corrected chi connectivity index (χ4v) is 7.54. The molecule has 6 aliphatic rings. The predicted molar refractivity (Wildman–Crippen MR) is 153 cm³/mol. The second kappa shape index (κ2) is 9.31. The van der Waals surface area contributed by atoms with Gasteiger partial charge in [0.1, 0.15) is 17.8 Å². The summed E-state index contributed by atoms with van der Waals surface area (Å²) in [5.74, 6) is 0.903. The van der Waals surface area contributed by atoms with Gasteiger partial charge in [0.2, 0.25) is 0 Å². The van der Waals surface area contributed by atoms with E-state index in [-0.39, 0.29) is 5.54 Å². The number of quaternary nitrogens is 1. The number of hydrogen-bond acceptors (Lipinski definition) is 2. The topological polar surface area (TPSA) is 23.1 Å². The van der Waals surface area contributed by atoms with Gasteiger partial charge in [-0.2, -0.15) is 5.01 Å². The van der Waals surface area contributed by atoms with Crippen molar-refractivity contribution in [2.75, 3.05) is 6.54 Å². The molecule has 1 saturated carbocycles. The minimum absolute atomic E-state index is 0.160. The fourth-order valence-electron chi connectivity index (χ4n) is 7.54. The van der Waals surface area contributed by atoms with Crippen LogP contribution in [0.3, 0.4) is 0 Å². The molecule has 2 fully saturated rings. The van der Waals surface area contributed by atoms with Crippen LogP contribution in [0.4, 0.5) is 0 Å². The van der Waals surface area contributed by atoms with Crippen molar-refractivity contribution in [2.24, 2.45) is 5.92 Å². The molecule has 8 rings (SSSR count). The Hall–Kier alpha value is -3.14. The Kier molecular flexibility index (Phi) is 6.09. The summed E-state index contributed by atoms with van der Waals surface area (Å²) >= 11 is 0. The minimum atomic E-state index is 0.160. The van der Waals surface area contributed by atoms with Crippen molar-refractivity contribution >= 4 is 5.57 Å². The third-order valence-electron chi connectivity index (χ3n) is 8.96. The SMILES string of the molecule is C=CC=C(C)CN1C2C3=C(N1C(=C(CC)c1ccccc1)C(CC)c1ccccc1)C21[NH2+]C(C)C=CC31. The average molecular weight is 491 g/mol. The number of nitrogens with zero attached hydrogens (tertiary/aromatic N) is 2. The number of nitrogens with two attached hydrogens (primary N) is 1. The molecule has 1 saturated heterocycles. The number of fused-ring (bicyclic) bond motifs is 1. The molecular weight excluding hydrogens is 450 g/mol. The quantitative estimate of drug-likeness (QED) is 0.334. The summed E-state index contributed by atoms with van der Waals surface area (Å²) in [6.45, 7) is 14.2. The van der Waals surface area contributed by atoms with Gasteiger partial charge in [0, 0.05) is 18.2 Å². The number of hydrogen-bond donors (Lipinski definition) is 1. The lowest BCUT2D eigenvalue weighted by atomic mass is 9.45. The summed E-state index contributed by atoms with van der Waals surface area (Å²) in [6, 6.07) is 23.2. The molecule has 0 radical (unpaired) electrons. The van der Waals surface area contributed by atoms with Crippen molar-refractivity contribution in [3.8, 4) is 0 Å². The van der Waals surface area contributed by atoms with Gasteiger partial charge < -0.3 is 5.32 Å². The van der Waals surface area contributed by atoms with Crippen molar-refractivity contribution < 1.29 is 5.32 Å². The van der Waals surface area contributed by atoms with Gasteiger partial charge in [0.05, 0.1) is 5.92 Å². The first-order valence-electron chi connectivity index (χ1n) is 14.0. The third kappa shape index (κ3) is 3.41. The van der Waals surface area contributed by atoms with E-state index in [0.717, 1.165) is 19.4 Å². The van der Waals surface area contributed by atoms with Crippen LogP contribution in [0.1, 0.15) is 57.6 Å². The maximum atomic E-state index is 3.98. The molecule has 1 spiro atoms. The fraction of sp³-hybridized carbons (Fsp3) is 0.353. The molecular formula is C34H40N3+. The number of allylic oxidation sites excluding steroid dienone is 4. The summed E-state index contributed by atoms with van der Waals surface area (Å²) < 4.78 is 0. The molecule has 3 nitrogen and oxygen atoms in total. The highest BCUT2D eigenvalue weighted by molar-refractivity contribution is 5.74. The molecule has 2 aromatic rings. The Labute approximate surface area is 222 Å². The van der Waals surface area contributed by atoms with Gasteiger partial charge in [-0.1, -0.05) is 105 Å². The van der Waals surface area contributed by atoms with E-state index in [0.29, 0.717) is 23.9 Å². The van der Waals surface area contributed by atoms with E-state index in [2.05, 4.69) is 129 Å². The summed E-state index contributed by atoms with van der Waals surface area (Å²) in [4.78, 5) is 0. The lowest BCUT2D eigenvalue weighted by molar-refractivity contribution is -0.762. The van der Waals surface area contributed by atoms with Gasteiger partial charge in [-0.3, -0.25) is 5.01 Å². The summed E-state index contributed by atoms with van der Waals surface area (Å²) in [5, 5.41) is 8.05. The number of benzene rings is 2. The Morgan fingerprint density at radius 1 is 1.05 bits per heavy atom. The van der Waals surface area contributed by atoms with Gasteiger partial charge in [-0.15, -0.1) is 0 Å². The highest BCUT2D eigenvalue weighted by atomic mass is 15.7. The smallest absolute Gasteiger partial charge is 0.170 e. The van der Waals surface area contributed by atoms with Crippen LogP contribution in [-0.2, 0) is 0 Å². The lowest BCUT2D eigenvalue weighted by Crippen LogP contribution is -3.11. The normalized spacial score (nSPS) is 29.4. The van der Waals surface area contributed by atoms with Crippen molar-refractivity contribution in [3.63, 3.8) is 0 Å². The standard InChI is InChI=1S/C34H39N3/c1-6-15-23(4)22-36-32-30-29-21-20-24(5)35-34(29,32)33(30)37(36)31(27(7-2)25-16-11-9-12-17-25)28(8-3)26-18-13-10-14-19-26/h6,9-21,24,27,29,32,35H,1,7-8,22H2,2-5H3/p+1. The second-order valence-corrected chi connectivity index (χ2v) is 11.1. The molecule has 190 valence electrons. The van der Waals surface area contributed by atoms with E-state index < -0.39 is 0 Å². The molecule has 3 heteroatoms. The largest absolute Gasteiger partial charge is 0.328 e. The highest BCUT2D eigenvalue weighted by Gasteiger charge is 2.84. The van der Waals surface area contributed by atoms with Gasteiger partial charge in [0.15, 0.2) is 5.54 Å². The molecule has 2 N–H and O–H groups in total. The molecule has 37 heavy (non-hydrogen) atoms. The molecule has 2 aromatic carbocycles. The van der Waals surface area contributed by atoms with Gasteiger partial charge in [-0.25, -0.2) is 0 Å². The van der Waals surface area contributed by atoms with Crippen molar-refractivity contribution in [1.82, 2.24) is 10.0 Å². The van der Waals surface area contributed by atoms with Crippen LogP contribution in [0.25, 0.3) is 5.57 Å². The van der Waals surface area contributed by atoms with Crippen LogP contribution >= 0.6 is 0 Å². The molecule has 5 atom stereocenters. The Balaban J connectivity index is 1.56. The average Bonchev–Trinajstić information content (AvgIpc) is 3.32. The van der Waals surface area contributed by atoms with Crippen LogP contribution < -0.4 is 5.32 Å². The van der Waals surface area contributed by atoms with Crippen LogP contribution in [-0.4, -0.2) is 34.2 Å². The molecule has 4 bridgehead atoms. The Bertz CT molecular complexity index is 1320. The lowest BCUT2D eigenvalue weighted by Gasteiger charge is -2.61. The zero-order valence-corrected chi connectivity index (χ0v) is 22.7. The van der Waals surface area contributed by atoms with E-state index in [1.54, 1.807) is 11.3 Å². The van der Waals surface area contributed by atoms with E-state index in [1.165, 1.54) is 28.0 Å². The van der Waals surface area contributed by atoms with E-state index in [1.807, 2.05) is 6.08 Å². The Morgan fingerprint density at radius 2 is 1.76 bits per heavy atom. The second-order valence-electron chi connectivity index (χ2n) is 11.1. The predicted octanol–water partition coefficient (Wildman–Crippen LogP) is 6.19. The zero-order chi connectivity index (χ0) is 25.7. The summed E-state index contributed by atoms with van der Waals surface area (Å²) in [7, 11) is 0. The maximum Gasteiger partial charge on any atom is 0.170 e. The van der Waals surface area contributed by atoms with Crippen LogP contribution in [0.5, 0.6) is 0 Å². The first kappa shape index (κ1) is 24.2. The van der Waals surface area contributed by atoms with Gasteiger partial charge >= 0.3 is 0 Å². The first-order chi connectivity index (χ1) is 18.1. The molecule has 5 unspecified atom stereocenters. The Morgan fingerprint density at radius 3 is 2.41 bits per heavy atom. The summed E-state index contributed by atoms with van der Waals surface area (Å²) in [6.07, 6.45) is 11.0. The van der Waals surface area contributed by atoms with Crippen molar-refractivity contribution in [2.45, 2.75) is 64.1 Å². The van der Waals surface area contributed by atoms with Gasteiger partial charge in [-0.05, 0) is 55.0 Å². The minimum Gasteiger partial charge on any atom is -0.328 e. The molecule has 0 aromatic heterocycles. The first-order valence-corrected chi connectivity index (χ1v) is 14.0. The molecule has 3 heterocycles. The molecule has 0 amide bonds. The van der Waals surface area contributed by atoms with Crippen molar-refractivity contribution in [1.29, 1.82) is 0 Å². The third-order valence-corrected chi connectivity index (χ3v) is 8.96. The van der Waals surface area contributed by atoms with Crippen LogP contribution in [0, 0.1) is 5.92 Å². The van der Waals surface area contributed by atoms with E-state index in [9.17, 15) is 0 Å². The van der Waals surface area contributed by atoms with Crippen molar-refractivity contribution in [3.05, 3.63) is 125 Å². The van der Waals surface area contributed by atoms with Crippen LogP contribution in [0.15, 0.2) is 114 Å².